The Labute approximate surface area is 160 Å². The Morgan fingerprint density at radius 3 is 2.73 bits per heavy atom. The zero-order chi connectivity index (χ0) is 18.0. The van der Waals surface area contributed by atoms with Crippen molar-refractivity contribution in [3.63, 3.8) is 0 Å². The monoisotopic (exact) mass is 381 g/mol. The number of hydrogen-bond donors (Lipinski definition) is 2. The van der Waals surface area contributed by atoms with Crippen LogP contribution in [0.25, 0.3) is 0 Å². The molecule has 2 amide bonds. The van der Waals surface area contributed by atoms with E-state index in [9.17, 15) is 9.59 Å². The summed E-state index contributed by atoms with van der Waals surface area (Å²) in [5, 5.41) is 2.97. The van der Waals surface area contributed by atoms with Gasteiger partial charge in [-0.3, -0.25) is 9.59 Å². The van der Waals surface area contributed by atoms with E-state index in [1.54, 1.807) is 18.1 Å². The molecule has 6 nitrogen and oxygen atoms in total. The zero-order valence-electron chi connectivity index (χ0n) is 15.4. The summed E-state index contributed by atoms with van der Waals surface area (Å²) in [7, 11) is 1.57. The van der Waals surface area contributed by atoms with Crippen molar-refractivity contribution in [1.29, 1.82) is 0 Å². The van der Waals surface area contributed by atoms with Gasteiger partial charge in [0.15, 0.2) is 0 Å². The third-order valence-electron chi connectivity index (χ3n) is 5.38. The second kappa shape index (κ2) is 8.27. The van der Waals surface area contributed by atoms with E-state index in [4.69, 9.17) is 10.5 Å². The molecule has 0 aromatic heterocycles. The van der Waals surface area contributed by atoms with E-state index >= 15 is 0 Å². The van der Waals surface area contributed by atoms with E-state index in [1.165, 1.54) is 0 Å². The van der Waals surface area contributed by atoms with Gasteiger partial charge < -0.3 is 20.7 Å². The normalized spacial score (nSPS) is 25.6. The Morgan fingerprint density at radius 1 is 1.35 bits per heavy atom. The van der Waals surface area contributed by atoms with Gasteiger partial charge in [0.1, 0.15) is 5.75 Å². The number of amides is 2. The molecule has 3 N–H and O–H groups in total. The minimum atomic E-state index is -0.464. The van der Waals surface area contributed by atoms with Crippen LogP contribution in [0.3, 0.4) is 0 Å². The first-order valence-electron chi connectivity index (χ1n) is 9.00. The third-order valence-corrected chi connectivity index (χ3v) is 5.38. The maximum atomic E-state index is 12.7. The largest absolute Gasteiger partial charge is 0.494 e. The van der Waals surface area contributed by atoms with Crippen molar-refractivity contribution >= 4 is 35.6 Å². The molecule has 2 unspecified atom stereocenters. The topological polar surface area (TPSA) is 84.7 Å². The SMILES string of the molecule is COc1cc(NC(=O)C2CCCCC2(C)N)ccc1N1CCCC1=O.Cl. The van der Waals surface area contributed by atoms with Crippen LogP contribution in [-0.2, 0) is 9.59 Å². The molecule has 3 rings (SSSR count). The van der Waals surface area contributed by atoms with Gasteiger partial charge in [-0.2, -0.15) is 0 Å². The summed E-state index contributed by atoms with van der Waals surface area (Å²) in [5.41, 5.74) is 7.28. The van der Waals surface area contributed by atoms with Crippen LogP contribution in [0.2, 0.25) is 0 Å². The second-order valence-corrected chi connectivity index (χ2v) is 7.33. The maximum absolute atomic E-state index is 12.7. The first-order valence-corrected chi connectivity index (χ1v) is 9.00. The molecular weight excluding hydrogens is 354 g/mol. The van der Waals surface area contributed by atoms with E-state index < -0.39 is 5.54 Å². The summed E-state index contributed by atoms with van der Waals surface area (Å²) >= 11 is 0. The molecule has 1 aromatic carbocycles. The standard InChI is InChI=1S/C19H27N3O3.ClH/c1-19(20)10-4-3-6-14(19)18(24)21-13-8-9-15(16(12-13)25-2)22-11-5-7-17(22)23;/h8-9,12,14H,3-7,10-11,20H2,1-2H3,(H,21,24);1H. The van der Waals surface area contributed by atoms with E-state index in [0.717, 1.165) is 37.8 Å². The van der Waals surface area contributed by atoms with E-state index in [1.807, 2.05) is 19.1 Å². The molecular formula is C19H28ClN3O3. The first kappa shape index (κ1) is 20.5. The molecule has 1 aliphatic carbocycles. The number of carbonyl (C=O) groups excluding carboxylic acids is 2. The molecule has 1 aliphatic heterocycles. The fourth-order valence-electron chi connectivity index (χ4n) is 3.90. The van der Waals surface area contributed by atoms with Crippen molar-refractivity contribution in [2.75, 3.05) is 23.9 Å². The lowest BCUT2D eigenvalue weighted by atomic mass is 9.74. The van der Waals surface area contributed by atoms with Crippen LogP contribution in [0.4, 0.5) is 11.4 Å². The Bertz CT molecular complexity index is 678. The van der Waals surface area contributed by atoms with Gasteiger partial charge >= 0.3 is 0 Å². The van der Waals surface area contributed by atoms with E-state index in [0.29, 0.717) is 24.4 Å². The third kappa shape index (κ3) is 4.13. The van der Waals surface area contributed by atoms with Gasteiger partial charge in [0, 0.05) is 30.3 Å². The molecule has 26 heavy (non-hydrogen) atoms. The molecule has 0 radical (unpaired) electrons. The van der Waals surface area contributed by atoms with Gasteiger partial charge in [0.25, 0.3) is 0 Å². The lowest BCUT2D eigenvalue weighted by Gasteiger charge is -2.37. The molecule has 2 fully saturated rings. The minimum absolute atomic E-state index is 0. The highest BCUT2D eigenvalue weighted by atomic mass is 35.5. The Morgan fingerprint density at radius 2 is 2.12 bits per heavy atom. The van der Waals surface area contributed by atoms with Crippen LogP contribution < -0.4 is 20.7 Å². The molecule has 0 bridgehead atoms. The van der Waals surface area contributed by atoms with Crippen LogP contribution in [0, 0.1) is 5.92 Å². The number of ether oxygens (including phenoxy) is 1. The van der Waals surface area contributed by atoms with Crippen molar-refractivity contribution in [2.45, 2.75) is 51.0 Å². The number of nitrogens with two attached hydrogens (primary N) is 1. The summed E-state index contributed by atoms with van der Waals surface area (Å²) in [5.74, 6) is 0.465. The van der Waals surface area contributed by atoms with Crippen molar-refractivity contribution < 1.29 is 14.3 Å². The smallest absolute Gasteiger partial charge is 0.229 e. The van der Waals surface area contributed by atoms with E-state index in [-0.39, 0.29) is 30.1 Å². The number of hydrogen-bond acceptors (Lipinski definition) is 4. The van der Waals surface area contributed by atoms with Crippen molar-refractivity contribution in [1.82, 2.24) is 0 Å². The fourth-order valence-corrected chi connectivity index (χ4v) is 3.90. The number of benzene rings is 1. The Kier molecular flexibility index (Phi) is 6.53. The van der Waals surface area contributed by atoms with Gasteiger partial charge in [0.05, 0.1) is 18.7 Å². The molecule has 1 aromatic rings. The number of halogens is 1. The second-order valence-electron chi connectivity index (χ2n) is 7.33. The van der Waals surface area contributed by atoms with Crippen molar-refractivity contribution in [3.8, 4) is 5.75 Å². The number of nitrogens with one attached hydrogen (secondary N) is 1. The lowest BCUT2D eigenvalue weighted by molar-refractivity contribution is -0.122. The Balaban J connectivity index is 0.00000243. The van der Waals surface area contributed by atoms with Gasteiger partial charge in [0.2, 0.25) is 11.8 Å². The molecule has 1 saturated carbocycles. The van der Waals surface area contributed by atoms with Crippen LogP contribution in [0.15, 0.2) is 18.2 Å². The minimum Gasteiger partial charge on any atom is -0.494 e. The highest BCUT2D eigenvalue weighted by Gasteiger charge is 2.37. The zero-order valence-corrected chi connectivity index (χ0v) is 16.2. The molecule has 7 heteroatoms. The van der Waals surface area contributed by atoms with E-state index in [2.05, 4.69) is 5.32 Å². The van der Waals surface area contributed by atoms with Gasteiger partial charge in [-0.15, -0.1) is 12.4 Å². The predicted octanol–water partition coefficient (Wildman–Crippen LogP) is 3.09. The average molecular weight is 382 g/mol. The Hall–Kier alpha value is -1.79. The summed E-state index contributed by atoms with van der Waals surface area (Å²) in [6, 6.07) is 5.42. The number of anilines is 2. The molecule has 0 spiro atoms. The lowest BCUT2D eigenvalue weighted by Crippen LogP contribution is -2.51. The molecule has 2 aliphatic rings. The quantitative estimate of drug-likeness (QED) is 0.839. The molecule has 144 valence electrons. The summed E-state index contributed by atoms with van der Waals surface area (Å²) in [6.45, 7) is 2.66. The van der Waals surface area contributed by atoms with Crippen LogP contribution in [-0.4, -0.2) is 31.0 Å². The molecule has 1 saturated heterocycles. The average Bonchev–Trinajstić information content (AvgIpc) is 3.00. The number of methoxy groups -OCH3 is 1. The summed E-state index contributed by atoms with van der Waals surface area (Å²) < 4.78 is 5.44. The summed E-state index contributed by atoms with van der Waals surface area (Å²) in [4.78, 5) is 26.4. The fraction of sp³-hybridized carbons (Fsp3) is 0.579. The maximum Gasteiger partial charge on any atom is 0.229 e. The van der Waals surface area contributed by atoms with Gasteiger partial charge in [-0.25, -0.2) is 0 Å². The van der Waals surface area contributed by atoms with Gasteiger partial charge in [-0.05, 0) is 38.3 Å². The molecule has 2 atom stereocenters. The van der Waals surface area contributed by atoms with Crippen molar-refractivity contribution in [2.24, 2.45) is 11.7 Å². The van der Waals surface area contributed by atoms with Gasteiger partial charge in [-0.1, -0.05) is 12.8 Å². The number of carbonyl (C=O) groups is 2. The van der Waals surface area contributed by atoms with Crippen LogP contribution in [0.5, 0.6) is 5.75 Å². The highest BCUT2D eigenvalue weighted by Crippen LogP contribution is 2.35. The van der Waals surface area contributed by atoms with Crippen molar-refractivity contribution in [3.05, 3.63) is 18.2 Å². The number of nitrogens with zero attached hydrogens (tertiary/aromatic N) is 1. The summed E-state index contributed by atoms with van der Waals surface area (Å²) in [6.07, 6.45) is 5.21. The highest BCUT2D eigenvalue weighted by molar-refractivity contribution is 5.98. The van der Waals surface area contributed by atoms with Crippen LogP contribution in [0.1, 0.15) is 45.4 Å². The number of rotatable bonds is 4. The molecule has 1 heterocycles. The predicted molar refractivity (Wildman–Crippen MR) is 105 cm³/mol. The van der Waals surface area contributed by atoms with Crippen LogP contribution >= 0.6 is 12.4 Å². The first-order chi connectivity index (χ1) is 11.9.